The van der Waals surface area contributed by atoms with Crippen molar-refractivity contribution in [3.8, 4) is 0 Å². The first-order valence-electron chi connectivity index (χ1n) is 9.06. The first-order chi connectivity index (χ1) is 12.6. The molecule has 138 valence electrons. The van der Waals surface area contributed by atoms with Gasteiger partial charge in [0.05, 0.1) is 0 Å². The summed E-state index contributed by atoms with van der Waals surface area (Å²) in [6, 6.07) is 15.1. The van der Waals surface area contributed by atoms with Crippen molar-refractivity contribution < 1.29 is 13.9 Å². The highest BCUT2D eigenvalue weighted by atomic mass is 19.1. The molecule has 2 N–H and O–H groups in total. The van der Waals surface area contributed by atoms with E-state index in [1.54, 1.807) is 6.07 Å². The van der Waals surface area contributed by atoms with Crippen LogP contribution in [-0.4, -0.2) is 24.7 Å². The van der Waals surface area contributed by atoms with Crippen molar-refractivity contribution in [3.63, 3.8) is 0 Å². The van der Waals surface area contributed by atoms with E-state index in [4.69, 9.17) is 4.74 Å². The second-order valence-electron chi connectivity index (χ2n) is 6.85. The Kier molecular flexibility index (Phi) is 6.23. The molecule has 0 aliphatic heterocycles. The number of carbonyl (C=O) groups excluding carboxylic acids is 1. The third-order valence-electron chi connectivity index (χ3n) is 4.80. The molecule has 1 aliphatic rings. The van der Waals surface area contributed by atoms with E-state index in [-0.39, 0.29) is 24.6 Å². The molecular weight excluding hydrogens is 331 g/mol. The molecule has 1 amide bonds. The molecule has 0 radical (unpaired) electrons. The zero-order valence-electron chi connectivity index (χ0n) is 15.0. The maximum atomic E-state index is 13.1. The highest BCUT2D eigenvalue weighted by Crippen LogP contribution is 2.20. The lowest BCUT2D eigenvalue weighted by atomic mass is 9.86. The lowest BCUT2D eigenvalue weighted by Crippen LogP contribution is -2.52. The number of hydrogen-bond donors (Lipinski definition) is 2. The number of alkyl carbamates (subject to hydrolysis) is 1. The molecule has 26 heavy (non-hydrogen) atoms. The summed E-state index contributed by atoms with van der Waals surface area (Å²) in [5.74, 6) is -0.189. The topological polar surface area (TPSA) is 50.4 Å². The molecule has 0 bridgehead atoms. The quantitative estimate of drug-likeness (QED) is 0.795. The molecule has 3 rings (SSSR count). The van der Waals surface area contributed by atoms with Crippen LogP contribution in [0.2, 0.25) is 0 Å². The summed E-state index contributed by atoms with van der Waals surface area (Å²) in [6.45, 7) is 3.07. The monoisotopic (exact) mass is 356 g/mol. The highest BCUT2D eigenvalue weighted by molar-refractivity contribution is 5.67. The number of carbonyl (C=O) groups is 1. The Morgan fingerprint density at radius 3 is 2.65 bits per heavy atom. The first kappa shape index (κ1) is 18.4. The van der Waals surface area contributed by atoms with E-state index in [0.717, 1.165) is 42.5 Å². The average Bonchev–Trinajstić information content (AvgIpc) is 2.60. The lowest BCUT2D eigenvalue weighted by Gasteiger charge is -2.36. The summed E-state index contributed by atoms with van der Waals surface area (Å²) < 4.78 is 18.3. The maximum Gasteiger partial charge on any atom is 0.407 e. The smallest absolute Gasteiger partial charge is 0.407 e. The second kappa shape index (κ2) is 8.81. The Morgan fingerprint density at radius 2 is 1.92 bits per heavy atom. The Hall–Kier alpha value is -2.40. The van der Waals surface area contributed by atoms with Crippen LogP contribution < -0.4 is 10.6 Å². The predicted molar refractivity (Wildman–Crippen MR) is 99.4 cm³/mol. The summed E-state index contributed by atoms with van der Waals surface area (Å²) in [5.41, 5.74) is 3.13. The van der Waals surface area contributed by atoms with Gasteiger partial charge in [-0.3, -0.25) is 0 Å². The molecule has 2 aromatic rings. The van der Waals surface area contributed by atoms with Gasteiger partial charge in [0, 0.05) is 12.1 Å². The van der Waals surface area contributed by atoms with Crippen LogP contribution in [0.25, 0.3) is 0 Å². The van der Waals surface area contributed by atoms with Gasteiger partial charge < -0.3 is 15.4 Å². The normalized spacial score (nSPS) is 18.8. The molecule has 0 unspecified atom stereocenters. The summed E-state index contributed by atoms with van der Waals surface area (Å²) >= 11 is 0. The van der Waals surface area contributed by atoms with E-state index in [2.05, 4.69) is 10.6 Å². The Balaban J connectivity index is 1.29. The van der Waals surface area contributed by atoms with Crippen LogP contribution in [0, 0.1) is 12.7 Å². The minimum Gasteiger partial charge on any atom is -0.445 e. The van der Waals surface area contributed by atoms with Crippen LogP contribution in [0.3, 0.4) is 0 Å². The standard InChI is InChI=1S/C21H25FN2O2/c1-15-11-18(22)8-7-17(15)9-10-23-19-12-20(13-19)24-21(25)26-14-16-5-3-2-4-6-16/h2-8,11,19-20,23H,9-10,12-14H2,1H3,(H,24,25). The lowest BCUT2D eigenvalue weighted by molar-refractivity contribution is 0.125. The molecule has 4 nitrogen and oxygen atoms in total. The third-order valence-corrected chi connectivity index (χ3v) is 4.80. The van der Waals surface area contributed by atoms with Crippen molar-refractivity contribution in [1.82, 2.24) is 10.6 Å². The molecule has 0 heterocycles. The zero-order chi connectivity index (χ0) is 18.4. The maximum absolute atomic E-state index is 13.1. The van der Waals surface area contributed by atoms with Crippen LogP contribution in [0.15, 0.2) is 48.5 Å². The zero-order valence-corrected chi connectivity index (χ0v) is 15.0. The minimum atomic E-state index is -0.362. The van der Waals surface area contributed by atoms with E-state index < -0.39 is 0 Å². The molecule has 1 fully saturated rings. The highest BCUT2D eigenvalue weighted by Gasteiger charge is 2.30. The van der Waals surface area contributed by atoms with Gasteiger partial charge in [0.15, 0.2) is 0 Å². The molecule has 0 atom stereocenters. The predicted octanol–water partition coefficient (Wildman–Crippen LogP) is 3.72. The number of halogens is 1. The first-order valence-corrected chi connectivity index (χ1v) is 9.06. The fourth-order valence-corrected chi connectivity index (χ4v) is 3.18. The summed E-state index contributed by atoms with van der Waals surface area (Å²) in [5, 5.41) is 6.38. The summed E-state index contributed by atoms with van der Waals surface area (Å²) in [7, 11) is 0. The fraction of sp³-hybridized carbons (Fsp3) is 0.381. The SMILES string of the molecule is Cc1cc(F)ccc1CCNC1CC(NC(=O)OCc2ccccc2)C1. The fourth-order valence-electron chi connectivity index (χ4n) is 3.18. The Bertz CT molecular complexity index is 730. The van der Waals surface area contributed by atoms with Crippen molar-refractivity contribution in [2.75, 3.05) is 6.54 Å². The van der Waals surface area contributed by atoms with E-state index in [9.17, 15) is 9.18 Å². The van der Waals surface area contributed by atoms with Gasteiger partial charge in [-0.15, -0.1) is 0 Å². The van der Waals surface area contributed by atoms with Crippen molar-refractivity contribution in [2.45, 2.75) is 44.9 Å². The second-order valence-corrected chi connectivity index (χ2v) is 6.85. The Morgan fingerprint density at radius 1 is 1.15 bits per heavy atom. The van der Waals surface area contributed by atoms with E-state index >= 15 is 0 Å². The van der Waals surface area contributed by atoms with Gasteiger partial charge in [0.2, 0.25) is 0 Å². The number of amides is 1. The number of nitrogens with one attached hydrogen (secondary N) is 2. The number of ether oxygens (including phenoxy) is 1. The van der Waals surface area contributed by atoms with Crippen molar-refractivity contribution in [2.24, 2.45) is 0 Å². The molecule has 0 aromatic heterocycles. The van der Waals surface area contributed by atoms with Crippen molar-refractivity contribution in [1.29, 1.82) is 0 Å². The van der Waals surface area contributed by atoms with Crippen molar-refractivity contribution >= 4 is 6.09 Å². The molecule has 5 heteroatoms. The van der Waals surface area contributed by atoms with E-state index in [0.29, 0.717) is 6.04 Å². The number of rotatable bonds is 7. The number of hydrogen-bond acceptors (Lipinski definition) is 3. The molecule has 0 spiro atoms. The van der Waals surface area contributed by atoms with Gasteiger partial charge in [-0.1, -0.05) is 36.4 Å². The van der Waals surface area contributed by atoms with Gasteiger partial charge >= 0.3 is 6.09 Å². The summed E-state index contributed by atoms with van der Waals surface area (Å²) in [4.78, 5) is 11.8. The van der Waals surface area contributed by atoms with Crippen LogP contribution in [0.4, 0.5) is 9.18 Å². The largest absolute Gasteiger partial charge is 0.445 e. The van der Waals surface area contributed by atoms with Crippen LogP contribution >= 0.6 is 0 Å². The molecule has 1 aliphatic carbocycles. The van der Waals surface area contributed by atoms with Gasteiger partial charge in [0.1, 0.15) is 12.4 Å². The molecule has 2 aromatic carbocycles. The van der Waals surface area contributed by atoms with Crippen LogP contribution in [0.1, 0.15) is 29.5 Å². The van der Waals surface area contributed by atoms with Gasteiger partial charge in [-0.05, 0) is 61.6 Å². The molecule has 0 saturated heterocycles. The van der Waals surface area contributed by atoms with Gasteiger partial charge in [-0.2, -0.15) is 0 Å². The van der Waals surface area contributed by atoms with E-state index in [1.807, 2.05) is 43.3 Å². The molecular formula is C21H25FN2O2. The minimum absolute atomic E-state index is 0.170. The van der Waals surface area contributed by atoms with Crippen LogP contribution in [-0.2, 0) is 17.8 Å². The third kappa shape index (κ3) is 5.30. The van der Waals surface area contributed by atoms with E-state index in [1.165, 1.54) is 6.07 Å². The number of benzene rings is 2. The molecule has 1 saturated carbocycles. The van der Waals surface area contributed by atoms with Gasteiger partial charge in [-0.25, -0.2) is 9.18 Å². The summed E-state index contributed by atoms with van der Waals surface area (Å²) in [6.07, 6.45) is 2.32. The van der Waals surface area contributed by atoms with Crippen LogP contribution in [0.5, 0.6) is 0 Å². The van der Waals surface area contributed by atoms with Gasteiger partial charge in [0.25, 0.3) is 0 Å². The Labute approximate surface area is 153 Å². The average molecular weight is 356 g/mol. The van der Waals surface area contributed by atoms with Crippen molar-refractivity contribution in [3.05, 3.63) is 71.0 Å². The number of aryl methyl sites for hydroxylation is 1.